The molecule has 1 saturated heterocycles. The third kappa shape index (κ3) is 4.60. The van der Waals surface area contributed by atoms with Crippen molar-refractivity contribution in [3.8, 4) is 0 Å². The van der Waals surface area contributed by atoms with Crippen molar-refractivity contribution in [1.29, 1.82) is 0 Å². The van der Waals surface area contributed by atoms with Gasteiger partial charge in [-0.05, 0) is 45.9 Å². The molecule has 0 amide bonds. The maximum atomic E-state index is 5.50. The van der Waals surface area contributed by atoms with Crippen LogP contribution in [-0.2, 0) is 0 Å². The van der Waals surface area contributed by atoms with Gasteiger partial charge < -0.3 is 10.6 Å². The fourth-order valence-corrected chi connectivity index (χ4v) is 1.84. The summed E-state index contributed by atoms with van der Waals surface area (Å²) in [5, 5.41) is 0. The third-order valence-corrected chi connectivity index (χ3v) is 2.77. The molecule has 78 valence electrons. The van der Waals surface area contributed by atoms with Crippen LogP contribution in [0, 0.1) is 0 Å². The molecular formula is C10H23N3. The summed E-state index contributed by atoms with van der Waals surface area (Å²) in [5.41, 5.74) is 5.50. The number of rotatable bonds is 5. The van der Waals surface area contributed by atoms with E-state index in [-0.39, 0.29) is 0 Å². The Bertz CT molecular complexity index is 121. The Kier molecular flexibility index (Phi) is 5.35. The summed E-state index contributed by atoms with van der Waals surface area (Å²) < 4.78 is 0. The van der Waals surface area contributed by atoms with Crippen LogP contribution < -0.4 is 5.73 Å². The molecule has 0 saturated carbocycles. The van der Waals surface area contributed by atoms with E-state index in [0.29, 0.717) is 6.67 Å². The molecule has 3 nitrogen and oxygen atoms in total. The van der Waals surface area contributed by atoms with Gasteiger partial charge in [-0.1, -0.05) is 6.42 Å². The van der Waals surface area contributed by atoms with E-state index in [9.17, 15) is 0 Å². The molecule has 0 radical (unpaired) electrons. The van der Waals surface area contributed by atoms with Gasteiger partial charge in [-0.2, -0.15) is 0 Å². The molecule has 1 rings (SSSR count). The lowest BCUT2D eigenvalue weighted by Gasteiger charge is -2.27. The Balaban J connectivity index is 1.98. The highest BCUT2D eigenvalue weighted by atomic mass is 15.2. The largest absolute Gasteiger partial charge is 0.318 e. The third-order valence-electron chi connectivity index (χ3n) is 2.77. The van der Waals surface area contributed by atoms with E-state index in [1.54, 1.807) is 0 Å². The van der Waals surface area contributed by atoms with Crippen molar-refractivity contribution in [3.63, 3.8) is 0 Å². The van der Waals surface area contributed by atoms with Gasteiger partial charge in [-0.15, -0.1) is 0 Å². The normalized spacial score (nSPS) is 19.6. The Morgan fingerprint density at radius 1 is 1.23 bits per heavy atom. The number of nitrogens with two attached hydrogens (primary N) is 1. The first-order chi connectivity index (χ1) is 6.33. The van der Waals surface area contributed by atoms with Gasteiger partial charge in [0.1, 0.15) is 0 Å². The second kappa shape index (κ2) is 6.35. The van der Waals surface area contributed by atoms with Crippen LogP contribution in [-0.4, -0.2) is 49.7 Å². The van der Waals surface area contributed by atoms with E-state index in [1.807, 2.05) is 0 Å². The van der Waals surface area contributed by atoms with Crippen LogP contribution >= 0.6 is 0 Å². The number of likely N-dealkylation sites (tertiary alicyclic amines) is 1. The van der Waals surface area contributed by atoms with Crippen molar-refractivity contribution >= 4 is 0 Å². The quantitative estimate of drug-likeness (QED) is 0.640. The number of hydrogen-bond acceptors (Lipinski definition) is 3. The van der Waals surface area contributed by atoms with Crippen molar-refractivity contribution in [2.45, 2.75) is 25.7 Å². The number of hydrogen-bond donors (Lipinski definition) is 1. The molecule has 0 spiro atoms. The van der Waals surface area contributed by atoms with Gasteiger partial charge in [-0.3, -0.25) is 4.90 Å². The maximum Gasteiger partial charge on any atom is 0.0452 e. The smallest absolute Gasteiger partial charge is 0.0452 e. The molecule has 0 aromatic carbocycles. The van der Waals surface area contributed by atoms with Gasteiger partial charge in [-0.25, -0.2) is 0 Å². The highest BCUT2D eigenvalue weighted by Gasteiger charge is 2.08. The lowest BCUT2D eigenvalue weighted by Crippen LogP contribution is -2.33. The molecule has 0 bridgehead atoms. The average molecular weight is 185 g/mol. The van der Waals surface area contributed by atoms with Gasteiger partial charge in [0.05, 0.1) is 0 Å². The summed E-state index contributed by atoms with van der Waals surface area (Å²) in [6.45, 7) is 5.69. The van der Waals surface area contributed by atoms with Crippen LogP contribution in [0.25, 0.3) is 0 Å². The number of piperidine rings is 1. The van der Waals surface area contributed by atoms with Crippen LogP contribution in [0.2, 0.25) is 0 Å². The predicted molar refractivity (Wildman–Crippen MR) is 56.6 cm³/mol. The van der Waals surface area contributed by atoms with Crippen LogP contribution in [0.15, 0.2) is 0 Å². The zero-order valence-electron chi connectivity index (χ0n) is 8.84. The number of nitrogens with zero attached hydrogens (tertiary/aromatic N) is 2. The molecule has 0 unspecified atom stereocenters. The summed E-state index contributed by atoms with van der Waals surface area (Å²) >= 11 is 0. The highest BCUT2D eigenvalue weighted by molar-refractivity contribution is 4.64. The molecule has 1 fully saturated rings. The minimum Gasteiger partial charge on any atom is -0.318 e. The van der Waals surface area contributed by atoms with Crippen LogP contribution in [0.3, 0.4) is 0 Å². The second-order valence-corrected chi connectivity index (χ2v) is 4.02. The lowest BCUT2D eigenvalue weighted by atomic mass is 10.1. The van der Waals surface area contributed by atoms with E-state index in [2.05, 4.69) is 16.8 Å². The Labute approximate surface area is 81.9 Å². The topological polar surface area (TPSA) is 32.5 Å². The van der Waals surface area contributed by atoms with E-state index < -0.39 is 0 Å². The predicted octanol–water partition coefficient (Wildman–Crippen LogP) is 0.710. The molecule has 1 aliphatic rings. The average Bonchev–Trinajstić information content (AvgIpc) is 2.19. The van der Waals surface area contributed by atoms with Crippen molar-refractivity contribution in [3.05, 3.63) is 0 Å². The van der Waals surface area contributed by atoms with E-state index in [4.69, 9.17) is 5.73 Å². The Morgan fingerprint density at radius 3 is 2.54 bits per heavy atom. The summed E-state index contributed by atoms with van der Waals surface area (Å²) in [6.07, 6.45) is 5.48. The molecule has 2 N–H and O–H groups in total. The minimum absolute atomic E-state index is 0.681. The summed E-state index contributed by atoms with van der Waals surface area (Å²) in [6, 6.07) is 0. The fraction of sp³-hybridized carbons (Fsp3) is 1.00. The molecular weight excluding hydrogens is 162 g/mol. The monoisotopic (exact) mass is 185 g/mol. The molecule has 0 atom stereocenters. The summed E-state index contributed by atoms with van der Waals surface area (Å²) in [7, 11) is 2.08. The zero-order valence-corrected chi connectivity index (χ0v) is 8.84. The first-order valence-corrected chi connectivity index (χ1v) is 5.44. The van der Waals surface area contributed by atoms with Gasteiger partial charge >= 0.3 is 0 Å². The zero-order chi connectivity index (χ0) is 9.52. The highest BCUT2D eigenvalue weighted by Crippen LogP contribution is 2.08. The van der Waals surface area contributed by atoms with Gasteiger partial charge in [0.25, 0.3) is 0 Å². The summed E-state index contributed by atoms with van der Waals surface area (Å²) in [5.74, 6) is 0. The molecule has 0 aromatic rings. The first-order valence-electron chi connectivity index (χ1n) is 5.44. The van der Waals surface area contributed by atoms with Crippen molar-refractivity contribution in [1.82, 2.24) is 9.80 Å². The molecule has 1 aliphatic heterocycles. The fourth-order valence-electron chi connectivity index (χ4n) is 1.84. The van der Waals surface area contributed by atoms with Crippen LogP contribution in [0.5, 0.6) is 0 Å². The molecule has 0 aliphatic carbocycles. The Morgan fingerprint density at radius 2 is 1.92 bits per heavy atom. The minimum atomic E-state index is 0.681. The molecule has 13 heavy (non-hydrogen) atoms. The first kappa shape index (κ1) is 11.0. The SMILES string of the molecule is CN(CN)CCCN1CCCCC1. The van der Waals surface area contributed by atoms with E-state index in [0.717, 1.165) is 6.54 Å². The van der Waals surface area contributed by atoms with E-state index >= 15 is 0 Å². The second-order valence-electron chi connectivity index (χ2n) is 4.02. The van der Waals surface area contributed by atoms with Gasteiger partial charge in [0.2, 0.25) is 0 Å². The van der Waals surface area contributed by atoms with Crippen LogP contribution in [0.4, 0.5) is 0 Å². The van der Waals surface area contributed by atoms with Gasteiger partial charge in [0.15, 0.2) is 0 Å². The van der Waals surface area contributed by atoms with Crippen LogP contribution in [0.1, 0.15) is 25.7 Å². The van der Waals surface area contributed by atoms with Crippen molar-refractivity contribution in [2.75, 3.05) is 39.9 Å². The molecule has 0 aromatic heterocycles. The van der Waals surface area contributed by atoms with E-state index in [1.165, 1.54) is 45.3 Å². The summed E-state index contributed by atoms with van der Waals surface area (Å²) in [4.78, 5) is 4.75. The lowest BCUT2D eigenvalue weighted by molar-refractivity contribution is 0.213. The van der Waals surface area contributed by atoms with Crippen molar-refractivity contribution < 1.29 is 0 Å². The maximum absolute atomic E-state index is 5.50. The molecule has 3 heteroatoms. The standard InChI is InChI=1S/C10H23N3/c1-12(10-11)6-5-9-13-7-3-2-4-8-13/h2-11H2,1H3. The Hall–Kier alpha value is -0.120. The van der Waals surface area contributed by atoms with Gasteiger partial charge in [0, 0.05) is 13.2 Å². The molecule has 1 heterocycles. The van der Waals surface area contributed by atoms with Crippen molar-refractivity contribution in [2.24, 2.45) is 5.73 Å².